The molecular weight excluding hydrogens is 262 g/mol. The molecule has 4 nitrogen and oxygen atoms in total. The molecule has 2 N–H and O–H groups in total. The van der Waals surface area contributed by atoms with Crippen LogP contribution in [0.15, 0.2) is 54.6 Å². The minimum Gasteiger partial charge on any atom is -0.368 e. The number of hydrogen-bond donors (Lipinski definition) is 1. The predicted octanol–water partition coefficient (Wildman–Crippen LogP) is 2.22. The predicted molar refractivity (Wildman–Crippen MR) is 81.0 cm³/mol. The average Bonchev–Trinajstić information content (AvgIpc) is 2.48. The van der Waals surface area contributed by atoms with Gasteiger partial charge in [-0.2, -0.15) is 5.26 Å². The number of carbonyl (C=O) groups excluding carboxylic acids is 1. The fourth-order valence-corrected chi connectivity index (χ4v) is 2.39. The second kappa shape index (κ2) is 6.69. The van der Waals surface area contributed by atoms with Crippen molar-refractivity contribution in [2.24, 2.45) is 5.73 Å². The van der Waals surface area contributed by atoms with Crippen LogP contribution in [0.3, 0.4) is 0 Å². The van der Waals surface area contributed by atoms with Crippen molar-refractivity contribution in [3.8, 4) is 6.07 Å². The third kappa shape index (κ3) is 3.68. The second-order valence-electron chi connectivity index (χ2n) is 4.94. The second-order valence-corrected chi connectivity index (χ2v) is 4.94. The molecule has 0 fully saturated rings. The summed E-state index contributed by atoms with van der Waals surface area (Å²) in [4.78, 5) is 13.7. The normalized spacial score (nSPS) is 11.9. The Kier molecular flexibility index (Phi) is 4.70. The van der Waals surface area contributed by atoms with E-state index < -0.39 is 6.04 Å². The summed E-state index contributed by atoms with van der Waals surface area (Å²) in [7, 11) is 1.85. The summed E-state index contributed by atoms with van der Waals surface area (Å²) in [5.41, 5.74) is 7.99. The number of amides is 1. The molecule has 0 saturated carbocycles. The molecule has 1 atom stereocenters. The maximum absolute atomic E-state index is 11.8. The molecule has 21 heavy (non-hydrogen) atoms. The van der Waals surface area contributed by atoms with E-state index in [1.807, 2.05) is 60.5 Å². The smallest absolute Gasteiger partial charge is 0.239 e. The van der Waals surface area contributed by atoms with Gasteiger partial charge in [0.25, 0.3) is 0 Å². The zero-order valence-corrected chi connectivity index (χ0v) is 11.9. The molecule has 0 bridgehead atoms. The summed E-state index contributed by atoms with van der Waals surface area (Å²) in [6.07, 6.45) is 0. The van der Waals surface area contributed by atoms with Gasteiger partial charge in [-0.3, -0.25) is 9.69 Å². The summed E-state index contributed by atoms with van der Waals surface area (Å²) in [6, 6.07) is 18.4. The molecule has 0 spiro atoms. The molecule has 1 amide bonds. The van der Waals surface area contributed by atoms with Gasteiger partial charge < -0.3 is 5.73 Å². The van der Waals surface area contributed by atoms with E-state index in [2.05, 4.69) is 6.07 Å². The highest BCUT2D eigenvalue weighted by atomic mass is 16.1. The van der Waals surface area contributed by atoms with Gasteiger partial charge in [0.2, 0.25) is 5.91 Å². The first-order valence-electron chi connectivity index (χ1n) is 6.65. The van der Waals surface area contributed by atoms with Crippen molar-refractivity contribution in [2.45, 2.75) is 12.6 Å². The van der Waals surface area contributed by atoms with Crippen molar-refractivity contribution in [3.63, 3.8) is 0 Å². The van der Waals surface area contributed by atoms with E-state index in [4.69, 9.17) is 11.0 Å². The summed E-state index contributed by atoms with van der Waals surface area (Å²) >= 11 is 0. The van der Waals surface area contributed by atoms with Gasteiger partial charge in [0.15, 0.2) is 0 Å². The van der Waals surface area contributed by atoms with E-state index in [0.29, 0.717) is 12.1 Å². The fourth-order valence-electron chi connectivity index (χ4n) is 2.39. The van der Waals surface area contributed by atoms with Gasteiger partial charge in [-0.1, -0.05) is 42.5 Å². The molecule has 2 aromatic rings. The number of benzene rings is 2. The Bertz CT molecular complexity index is 661. The molecule has 106 valence electrons. The molecule has 2 aromatic carbocycles. The zero-order valence-electron chi connectivity index (χ0n) is 11.9. The molecule has 0 aromatic heterocycles. The lowest BCUT2D eigenvalue weighted by molar-refractivity contribution is -0.123. The fraction of sp³-hybridized carbons (Fsp3) is 0.176. The highest BCUT2D eigenvalue weighted by Crippen LogP contribution is 2.21. The quantitative estimate of drug-likeness (QED) is 0.912. The van der Waals surface area contributed by atoms with Gasteiger partial charge >= 0.3 is 0 Å². The highest BCUT2D eigenvalue weighted by Gasteiger charge is 2.22. The molecule has 0 heterocycles. The number of carbonyl (C=O) groups is 1. The first-order valence-corrected chi connectivity index (χ1v) is 6.65. The first kappa shape index (κ1) is 14.8. The van der Waals surface area contributed by atoms with E-state index in [9.17, 15) is 4.79 Å². The lowest BCUT2D eigenvalue weighted by atomic mass is 10.0. The molecule has 0 aliphatic rings. The zero-order chi connectivity index (χ0) is 15.2. The van der Waals surface area contributed by atoms with Crippen LogP contribution in [-0.4, -0.2) is 17.9 Å². The van der Waals surface area contributed by atoms with Crippen molar-refractivity contribution >= 4 is 5.91 Å². The molecule has 2 rings (SSSR count). The monoisotopic (exact) mass is 279 g/mol. The third-order valence-electron chi connectivity index (χ3n) is 3.31. The van der Waals surface area contributed by atoms with E-state index >= 15 is 0 Å². The Morgan fingerprint density at radius 3 is 2.57 bits per heavy atom. The van der Waals surface area contributed by atoms with Crippen LogP contribution >= 0.6 is 0 Å². The van der Waals surface area contributed by atoms with Gasteiger partial charge in [-0.15, -0.1) is 0 Å². The van der Waals surface area contributed by atoms with Gasteiger partial charge in [0.1, 0.15) is 6.04 Å². The Morgan fingerprint density at radius 1 is 1.24 bits per heavy atom. The average molecular weight is 279 g/mol. The minimum atomic E-state index is -0.489. The molecular formula is C17H17N3O. The molecule has 0 aliphatic heterocycles. The number of hydrogen-bond acceptors (Lipinski definition) is 3. The van der Waals surface area contributed by atoms with Crippen LogP contribution in [0.1, 0.15) is 22.7 Å². The number of nitrogens with zero attached hydrogens (tertiary/aromatic N) is 2. The van der Waals surface area contributed by atoms with Crippen LogP contribution in [0.2, 0.25) is 0 Å². The lowest BCUT2D eigenvalue weighted by Crippen LogP contribution is -2.34. The van der Waals surface area contributed by atoms with Crippen molar-refractivity contribution in [3.05, 3.63) is 71.3 Å². The van der Waals surface area contributed by atoms with Crippen LogP contribution in [0.25, 0.3) is 0 Å². The Labute approximate surface area is 124 Å². The van der Waals surface area contributed by atoms with Crippen LogP contribution in [-0.2, 0) is 11.3 Å². The highest BCUT2D eigenvalue weighted by molar-refractivity contribution is 5.81. The van der Waals surface area contributed by atoms with Gasteiger partial charge in [0.05, 0.1) is 11.6 Å². The van der Waals surface area contributed by atoms with E-state index in [1.165, 1.54) is 0 Å². The van der Waals surface area contributed by atoms with Gasteiger partial charge in [-0.05, 0) is 30.3 Å². The van der Waals surface area contributed by atoms with Crippen molar-refractivity contribution in [1.29, 1.82) is 5.26 Å². The number of nitrogens with two attached hydrogens (primary N) is 1. The Hall–Kier alpha value is -2.64. The standard InChI is InChI=1S/C17H17N3O/c1-20(12-14-7-5-6-13(10-14)11-18)16(17(19)21)15-8-3-2-4-9-15/h2-10,16H,12H2,1H3,(H2,19,21)/t16-/m0/s1. The largest absolute Gasteiger partial charge is 0.368 e. The van der Waals surface area contributed by atoms with Crippen LogP contribution < -0.4 is 5.73 Å². The van der Waals surface area contributed by atoms with E-state index in [0.717, 1.165) is 11.1 Å². The molecule has 0 radical (unpaired) electrons. The third-order valence-corrected chi connectivity index (χ3v) is 3.31. The van der Waals surface area contributed by atoms with Gasteiger partial charge in [0, 0.05) is 6.54 Å². The van der Waals surface area contributed by atoms with E-state index in [1.54, 1.807) is 6.07 Å². The number of rotatable bonds is 5. The minimum absolute atomic E-state index is 0.389. The Balaban J connectivity index is 2.22. The molecule has 0 saturated heterocycles. The summed E-state index contributed by atoms with van der Waals surface area (Å²) < 4.78 is 0. The topological polar surface area (TPSA) is 70.1 Å². The Morgan fingerprint density at radius 2 is 1.95 bits per heavy atom. The van der Waals surface area contributed by atoms with Crippen LogP contribution in [0, 0.1) is 11.3 Å². The van der Waals surface area contributed by atoms with Crippen molar-refractivity contribution in [2.75, 3.05) is 7.05 Å². The SMILES string of the molecule is CN(Cc1cccc(C#N)c1)[C@H](C(N)=O)c1ccccc1. The molecule has 4 heteroatoms. The number of primary amides is 1. The summed E-state index contributed by atoms with van der Waals surface area (Å²) in [5, 5.41) is 8.93. The summed E-state index contributed by atoms with van der Waals surface area (Å²) in [6.45, 7) is 0.540. The molecule has 0 aliphatic carbocycles. The van der Waals surface area contributed by atoms with Gasteiger partial charge in [-0.25, -0.2) is 0 Å². The summed E-state index contributed by atoms with van der Waals surface area (Å²) in [5.74, 6) is -0.389. The van der Waals surface area contributed by atoms with Crippen LogP contribution in [0.4, 0.5) is 0 Å². The maximum Gasteiger partial charge on any atom is 0.239 e. The van der Waals surface area contributed by atoms with Crippen molar-refractivity contribution < 1.29 is 4.79 Å². The number of likely N-dealkylation sites (N-methyl/N-ethyl adjacent to an activating group) is 1. The van der Waals surface area contributed by atoms with E-state index in [-0.39, 0.29) is 5.91 Å². The lowest BCUT2D eigenvalue weighted by Gasteiger charge is -2.26. The molecule has 0 unspecified atom stereocenters. The van der Waals surface area contributed by atoms with Crippen molar-refractivity contribution in [1.82, 2.24) is 4.90 Å². The first-order chi connectivity index (χ1) is 10.1. The number of nitriles is 1. The maximum atomic E-state index is 11.8. The van der Waals surface area contributed by atoms with Crippen LogP contribution in [0.5, 0.6) is 0 Å².